The van der Waals surface area contributed by atoms with Gasteiger partial charge in [0, 0.05) is 5.41 Å². The van der Waals surface area contributed by atoms with Crippen molar-refractivity contribution >= 4 is 11.9 Å². The lowest BCUT2D eigenvalue weighted by molar-refractivity contribution is 0.0692. The molecule has 0 saturated carbocycles. The molecule has 0 aliphatic rings. The van der Waals surface area contributed by atoms with E-state index in [0.29, 0.717) is 22.8 Å². The van der Waals surface area contributed by atoms with Gasteiger partial charge in [-0.1, -0.05) is 20.8 Å². The number of hydrogen-bond acceptors (Lipinski definition) is 4. The molecule has 0 spiro atoms. The van der Waals surface area contributed by atoms with Gasteiger partial charge in [0.2, 0.25) is 0 Å². The molecule has 0 unspecified atom stereocenters. The van der Waals surface area contributed by atoms with Gasteiger partial charge in [0.1, 0.15) is 28.6 Å². The molecule has 6 heteroatoms. The maximum atomic E-state index is 12.2. The number of furan rings is 2. The number of carbonyl (C=O) groups excluding carboxylic acids is 1. The van der Waals surface area contributed by atoms with Crippen LogP contribution in [0.15, 0.2) is 21.0 Å². The monoisotopic (exact) mass is 319 g/mol. The smallest absolute Gasteiger partial charge is 0.339 e. The summed E-state index contributed by atoms with van der Waals surface area (Å²) in [5.41, 5.74) is 0.183. The van der Waals surface area contributed by atoms with Gasteiger partial charge in [0.05, 0.1) is 12.1 Å². The highest BCUT2D eigenvalue weighted by atomic mass is 16.4. The fraction of sp³-hybridized carbons (Fsp3) is 0.412. The largest absolute Gasteiger partial charge is 0.478 e. The number of nitrogens with one attached hydrogen (secondary N) is 1. The van der Waals surface area contributed by atoms with E-state index < -0.39 is 5.97 Å². The minimum atomic E-state index is -1.08. The van der Waals surface area contributed by atoms with Crippen LogP contribution < -0.4 is 5.32 Å². The van der Waals surface area contributed by atoms with E-state index in [1.807, 2.05) is 20.8 Å². The molecule has 0 aromatic carbocycles. The van der Waals surface area contributed by atoms with Gasteiger partial charge in [0.25, 0.3) is 5.91 Å². The Bertz CT molecular complexity index is 746. The predicted octanol–water partition coefficient (Wildman–Crippen LogP) is 3.42. The van der Waals surface area contributed by atoms with Crippen molar-refractivity contribution in [2.75, 3.05) is 0 Å². The van der Waals surface area contributed by atoms with Crippen molar-refractivity contribution in [1.82, 2.24) is 5.32 Å². The van der Waals surface area contributed by atoms with Crippen LogP contribution in [0.1, 0.15) is 64.5 Å². The molecule has 2 aromatic rings. The van der Waals surface area contributed by atoms with Crippen molar-refractivity contribution in [1.29, 1.82) is 0 Å². The van der Waals surface area contributed by atoms with Crippen LogP contribution >= 0.6 is 0 Å². The van der Waals surface area contributed by atoms with Crippen molar-refractivity contribution in [2.24, 2.45) is 0 Å². The zero-order chi connectivity index (χ0) is 17.4. The molecule has 2 aromatic heterocycles. The lowest BCUT2D eigenvalue weighted by Gasteiger charge is -2.14. The van der Waals surface area contributed by atoms with Crippen molar-refractivity contribution < 1.29 is 23.5 Å². The Morgan fingerprint density at radius 1 is 1.13 bits per heavy atom. The Morgan fingerprint density at radius 3 is 2.26 bits per heavy atom. The number of carboxylic acid groups (broad SMARTS) is 1. The Kier molecular flexibility index (Phi) is 4.36. The summed E-state index contributed by atoms with van der Waals surface area (Å²) in [7, 11) is 0. The van der Waals surface area contributed by atoms with Crippen LogP contribution in [0.3, 0.4) is 0 Å². The summed E-state index contributed by atoms with van der Waals surface area (Å²) in [6.07, 6.45) is 0. The predicted molar refractivity (Wildman–Crippen MR) is 83.7 cm³/mol. The standard InChI is InChI=1S/C17H21NO5/c1-9-6-11(10(2)22-9)15(19)18-8-13-12(16(20)21)7-14(23-13)17(3,4)5/h6-7H,8H2,1-5H3,(H,18,19)(H,20,21). The summed E-state index contributed by atoms with van der Waals surface area (Å²) in [6, 6.07) is 3.16. The maximum Gasteiger partial charge on any atom is 0.339 e. The quantitative estimate of drug-likeness (QED) is 0.900. The van der Waals surface area contributed by atoms with Crippen LogP contribution in [0.4, 0.5) is 0 Å². The van der Waals surface area contributed by atoms with Crippen molar-refractivity contribution in [3.05, 3.63) is 46.3 Å². The normalized spacial score (nSPS) is 11.5. The average molecular weight is 319 g/mol. The molecule has 2 heterocycles. The molecule has 0 aliphatic heterocycles. The summed E-state index contributed by atoms with van der Waals surface area (Å²) in [4.78, 5) is 23.5. The molecule has 0 radical (unpaired) electrons. The SMILES string of the molecule is Cc1cc(C(=O)NCc2oc(C(C)(C)C)cc2C(=O)O)c(C)o1. The first-order chi connectivity index (χ1) is 10.6. The molecule has 124 valence electrons. The van der Waals surface area contributed by atoms with E-state index in [4.69, 9.17) is 8.83 Å². The number of rotatable bonds is 4. The number of hydrogen-bond donors (Lipinski definition) is 2. The first kappa shape index (κ1) is 16.9. The lowest BCUT2D eigenvalue weighted by Crippen LogP contribution is -2.23. The zero-order valence-electron chi connectivity index (χ0n) is 13.9. The highest BCUT2D eigenvalue weighted by Crippen LogP contribution is 2.27. The van der Waals surface area contributed by atoms with E-state index in [1.165, 1.54) is 6.07 Å². The molecule has 2 N–H and O–H groups in total. The van der Waals surface area contributed by atoms with Crippen LogP contribution in [-0.2, 0) is 12.0 Å². The molecule has 2 rings (SSSR count). The summed E-state index contributed by atoms with van der Waals surface area (Å²) < 4.78 is 11.0. The molecule has 23 heavy (non-hydrogen) atoms. The van der Waals surface area contributed by atoms with Crippen molar-refractivity contribution in [3.8, 4) is 0 Å². The fourth-order valence-electron chi connectivity index (χ4n) is 2.22. The second-order valence-corrected chi connectivity index (χ2v) is 6.51. The highest BCUT2D eigenvalue weighted by Gasteiger charge is 2.25. The topological polar surface area (TPSA) is 92.7 Å². The number of carbonyl (C=O) groups is 2. The third kappa shape index (κ3) is 3.64. The van der Waals surface area contributed by atoms with E-state index >= 15 is 0 Å². The van der Waals surface area contributed by atoms with Crippen LogP contribution in [0.5, 0.6) is 0 Å². The summed E-state index contributed by atoms with van der Waals surface area (Å²) in [5.74, 6) is 0.552. The Hall–Kier alpha value is -2.50. The van der Waals surface area contributed by atoms with E-state index in [2.05, 4.69) is 5.32 Å². The van der Waals surface area contributed by atoms with Crippen molar-refractivity contribution in [3.63, 3.8) is 0 Å². The molecule has 0 atom stereocenters. The minimum Gasteiger partial charge on any atom is -0.478 e. The first-order valence-corrected chi connectivity index (χ1v) is 7.31. The van der Waals surface area contributed by atoms with Crippen LogP contribution in [0.2, 0.25) is 0 Å². The summed E-state index contributed by atoms with van der Waals surface area (Å²) in [5, 5.41) is 12.0. The second-order valence-electron chi connectivity index (χ2n) is 6.51. The number of aromatic carboxylic acids is 1. The van der Waals surface area contributed by atoms with Crippen LogP contribution in [-0.4, -0.2) is 17.0 Å². The summed E-state index contributed by atoms with van der Waals surface area (Å²) >= 11 is 0. The van der Waals surface area contributed by atoms with E-state index in [0.717, 1.165) is 0 Å². The van der Waals surface area contributed by atoms with Gasteiger partial charge >= 0.3 is 5.97 Å². The highest BCUT2D eigenvalue weighted by molar-refractivity contribution is 5.95. The van der Waals surface area contributed by atoms with Gasteiger partial charge in [-0.2, -0.15) is 0 Å². The fourth-order valence-corrected chi connectivity index (χ4v) is 2.22. The molecule has 0 bridgehead atoms. The number of aryl methyl sites for hydroxylation is 2. The molecule has 1 amide bonds. The molecule has 0 aliphatic carbocycles. The lowest BCUT2D eigenvalue weighted by atomic mass is 9.93. The minimum absolute atomic E-state index is 0.000213. The molecule has 0 saturated heterocycles. The van der Waals surface area contributed by atoms with Crippen LogP contribution in [0.25, 0.3) is 0 Å². The Balaban J connectivity index is 2.20. The van der Waals surface area contributed by atoms with Gasteiger partial charge in [-0.25, -0.2) is 4.79 Å². The van der Waals surface area contributed by atoms with Gasteiger partial charge < -0.3 is 19.3 Å². The molecule has 0 fully saturated rings. The number of amides is 1. The Morgan fingerprint density at radius 2 is 1.78 bits per heavy atom. The molecular weight excluding hydrogens is 298 g/mol. The van der Waals surface area contributed by atoms with Gasteiger partial charge in [0.15, 0.2) is 0 Å². The van der Waals surface area contributed by atoms with E-state index in [-0.39, 0.29) is 29.2 Å². The molecule has 6 nitrogen and oxygen atoms in total. The van der Waals surface area contributed by atoms with Gasteiger partial charge in [-0.3, -0.25) is 4.79 Å². The maximum absolute atomic E-state index is 12.2. The average Bonchev–Trinajstić information content (AvgIpc) is 2.99. The van der Waals surface area contributed by atoms with E-state index in [9.17, 15) is 14.7 Å². The van der Waals surface area contributed by atoms with Crippen molar-refractivity contribution in [2.45, 2.75) is 46.6 Å². The second kappa shape index (κ2) is 5.95. The van der Waals surface area contributed by atoms with E-state index in [1.54, 1.807) is 19.9 Å². The third-order valence-electron chi connectivity index (χ3n) is 3.47. The summed E-state index contributed by atoms with van der Waals surface area (Å²) in [6.45, 7) is 9.25. The van der Waals surface area contributed by atoms with Gasteiger partial charge in [-0.15, -0.1) is 0 Å². The third-order valence-corrected chi connectivity index (χ3v) is 3.47. The van der Waals surface area contributed by atoms with Gasteiger partial charge in [-0.05, 0) is 26.0 Å². The molecular formula is C17H21NO5. The Labute approximate surface area is 134 Å². The zero-order valence-corrected chi connectivity index (χ0v) is 13.9. The van der Waals surface area contributed by atoms with Crippen LogP contribution in [0, 0.1) is 13.8 Å². The number of carboxylic acids is 1. The first-order valence-electron chi connectivity index (χ1n) is 7.31.